The van der Waals surface area contributed by atoms with Crippen molar-refractivity contribution in [2.75, 3.05) is 0 Å². The first kappa shape index (κ1) is 19.9. The van der Waals surface area contributed by atoms with E-state index in [-0.39, 0.29) is 29.4 Å². The van der Waals surface area contributed by atoms with Crippen LogP contribution in [0, 0.1) is 10.1 Å². The molecule has 4 rings (SSSR count). The lowest BCUT2D eigenvalue weighted by molar-refractivity contribution is -0.384. The molecule has 0 bridgehead atoms. The van der Waals surface area contributed by atoms with Crippen LogP contribution in [0.15, 0.2) is 59.6 Å². The number of carbonyl (C=O) groups excluding carboxylic acids is 2. The Morgan fingerprint density at radius 1 is 1.10 bits per heavy atom. The number of hydrogen-bond donors (Lipinski definition) is 0. The van der Waals surface area contributed by atoms with Gasteiger partial charge < -0.3 is 4.57 Å². The van der Waals surface area contributed by atoms with Crippen LogP contribution in [0.4, 0.5) is 10.5 Å². The van der Waals surface area contributed by atoms with Crippen LogP contribution < -0.4 is 0 Å². The number of rotatable bonds is 5. The van der Waals surface area contributed by atoms with Crippen LogP contribution in [0.25, 0.3) is 17.0 Å². The molecule has 0 radical (unpaired) electrons. The van der Waals surface area contributed by atoms with Crippen molar-refractivity contribution in [3.05, 3.63) is 80.9 Å². The number of carbonyl (C=O) groups is 2. The monoisotopic (exact) mass is 421 g/mol. The quantitative estimate of drug-likeness (QED) is 0.314. The van der Waals surface area contributed by atoms with Gasteiger partial charge in [0.1, 0.15) is 0 Å². The number of thioether (sulfide) groups is 1. The summed E-state index contributed by atoms with van der Waals surface area (Å²) in [5.41, 5.74) is 2.58. The number of fused-ring (bicyclic) bond motifs is 1. The molecule has 0 atom stereocenters. The zero-order chi connectivity index (χ0) is 21.4. The fraction of sp³-hybridized carbons (Fsp3) is 0.182. The normalized spacial score (nSPS) is 15.7. The van der Waals surface area contributed by atoms with Crippen molar-refractivity contribution in [3.8, 4) is 0 Å². The van der Waals surface area contributed by atoms with E-state index in [1.165, 1.54) is 17.0 Å². The molecule has 30 heavy (non-hydrogen) atoms. The summed E-state index contributed by atoms with van der Waals surface area (Å²) in [5, 5.41) is 11.5. The maximum absolute atomic E-state index is 12.9. The van der Waals surface area contributed by atoms with E-state index in [1.807, 2.05) is 30.5 Å². The predicted molar refractivity (Wildman–Crippen MR) is 117 cm³/mol. The lowest BCUT2D eigenvalue weighted by atomic mass is 10.1. The standard InChI is InChI=1S/C22H19N3O4S/c1-14(2)23-13-16(18-5-3-4-6-19(18)23)11-20-21(26)24(22(27)30-20)12-15-7-9-17(10-8-15)25(28)29/h3-11,13-14H,12H2,1-2H3/b20-11-. The van der Waals surface area contributed by atoms with Crippen LogP contribution in [0.5, 0.6) is 0 Å². The van der Waals surface area contributed by atoms with Gasteiger partial charge in [0.2, 0.25) is 0 Å². The van der Waals surface area contributed by atoms with Gasteiger partial charge in [0.25, 0.3) is 16.8 Å². The summed E-state index contributed by atoms with van der Waals surface area (Å²) < 4.78 is 2.14. The molecule has 0 spiro atoms. The highest BCUT2D eigenvalue weighted by atomic mass is 32.2. The third-order valence-electron chi connectivity index (χ3n) is 4.98. The Labute approximate surface area is 177 Å². The summed E-state index contributed by atoms with van der Waals surface area (Å²) in [4.78, 5) is 37.2. The van der Waals surface area contributed by atoms with Crippen LogP contribution in [0.2, 0.25) is 0 Å². The third-order valence-corrected chi connectivity index (χ3v) is 5.88. The fourth-order valence-electron chi connectivity index (χ4n) is 3.46. The van der Waals surface area contributed by atoms with Crippen molar-refractivity contribution in [1.29, 1.82) is 0 Å². The van der Waals surface area contributed by atoms with E-state index in [9.17, 15) is 19.7 Å². The minimum Gasteiger partial charge on any atom is -0.344 e. The van der Waals surface area contributed by atoms with Crippen molar-refractivity contribution in [1.82, 2.24) is 9.47 Å². The SMILES string of the molecule is CC(C)n1cc(/C=C2\SC(=O)N(Cc3ccc([N+](=O)[O-])cc3)C2=O)c2ccccc21. The molecule has 0 N–H and O–H groups in total. The molecule has 8 heteroatoms. The minimum absolute atomic E-state index is 0.0330. The Bertz CT molecular complexity index is 1190. The highest BCUT2D eigenvalue weighted by Gasteiger charge is 2.35. The number of imide groups is 1. The summed E-state index contributed by atoms with van der Waals surface area (Å²) in [6.07, 6.45) is 3.77. The van der Waals surface area contributed by atoms with E-state index < -0.39 is 4.92 Å². The topological polar surface area (TPSA) is 85.4 Å². The zero-order valence-corrected chi connectivity index (χ0v) is 17.3. The van der Waals surface area contributed by atoms with Crippen molar-refractivity contribution in [3.63, 3.8) is 0 Å². The molecule has 3 aromatic rings. The molecule has 1 aromatic heterocycles. The summed E-state index contributed by atoms with van der Waals surface area (Å²) in [7, 11) is 0. The molecule has 152 valence electrons. The lowest BCUT2D eigenvalue weighted by Crippen LogP contribution is -2.27. The first-order valence-electron chi connectivity index (χ1n) is 9.43. The summed E-state index contributed by atoms with van der Waals surface area (Å²) in [5.74, 6) is -0.357. The van der Waals surface area contributed by atoms with Crippen LogP contribution in [0.3, 0.4) is 0 Å². The zero-order valence-electron chi connectivity index (χ0n) is 16.4. The van der Waals surface area contributed by atoms with Gasteiger partial charge in [0.15, 0.2) is 0 Å². The molecule has 2 aromatic carbocycles. The van der Waals surface area contributed by atoms with E-state index in [1.54, 1.807) is 18.2 Å². The van der Waals surface area contributed by atoms with Crippen LogP contribution in [-0.4, -0.2) is 25.5 Å². The van der Waals surface area contributed by atoms with Gasteiger partial charge in [-0.2, -0.15) is 0 Å². The Hall–Kier alpha value is -3.39. The van der Waals surface area contributed by atoms with Gasteiger partial charge >= 0.3 is 0 Å². The Morgan fingerprint density at radius 3 is 2.47 bits per heavy atom. The van der Waals surface area contributed by atoms with Crippen molar-refractivity contribution >= 4 is 45.6 Å². The predicted octanol–water partition coefficient (Wildman–Crippen LogP) is 5.37. The number of aromatic nitrogens is 1. The molecule has 0 aliphatic carbocycles. The van der Waals surface area contributed by atoms with E-state index in [2.05, 4.69) is 18.4 Å². The average Bonchev–Trinajstić information content (AvgIpc) is 3.22. The van der Waals surface area contributed by atoms with Gasteiger partial charge in [-0.25, -0.2) is 0 Å². The highest BCUT2D eigenvalue weighted by Crippen LogP contribution is 2.35. The molecule has 2 heterocycles. The van der Waals surface area contributed by atoms with Gasteiger partial charge in [0, 0.05) is 40.8 Å². The smallest absolute Gasteiger partial charge is 0.293 e. The molecule has 0 unspecified atom stereocenters. The van der Waals surface area contributed by atoms with E-state index >= 15 is 0 Å². The first-order valence-corrected chi connectivity index (χ1v) is 10.2. The van der Waals surface area contributed by atoms with E-state index in [0.717, 1.165) is 28.2 Å². The van der Waals surface area contributed by atoms with Gasteiger partial charge in [-0.1, -0.05) is 30.3 Å². The molecule has 1 fully saturated rings. The second-order valence-corrected chi connectivity index (χ2v) is 8.29. The molecule has 0 saturated carbocycles. The second-order valence-electron chi connectivity index (χ2n) is 7.29. The van der Waals surface area contributed by atoms with Crippen LogP contribution in [-0.2, 0) is 11.3 Å². The highest BCUT2D eigenvalue weighted by molar-refractivity contribution is 8.18. The van der Waals surface area contributed by atoms with E-state index in [0.29, 0.717) is 10.5 Å². The van der Waals surface area contributed by atoms with Gasteiger partial charge in [-0.3, -0.25) is 24.6 Å². The summed E-state index contributed by atoms with van der Waals surface area (Å²) in [6, 6.07) is 14.1. The van der Waals surface area contributed by atoms with Crippen molar-refractivity contribution in [2.24, 2.45) is 0 Å². The summed E-state index contributed by atoms with van der Waals surface area (Å²) >= 11 is 0.911. The fourth-order valence-corrected chi connectivity index (χ4v) is 4.29. The number of hydrogen-bond acceptors (Lipinski definition) is 5. The molecule has 1 aliphatic heterocycles. The second kappa shape index (κ2) is 7.79. The van der Waals surface area contributed by atoms with Crippen LogP contribution in [0.1, 0.15) is 31.0 Å². The van der Waals surface area contributed by atoms with Gasteiger partial charge in [-0.05, 0) is 43.3 Å². The number of nitro benzene ring substituents is 1. The largest absolute Gasteiger partial charge is 0.344 e. The van der Waals surface area contributed by atoms with Gasteiger partial charge in [-0.15, -0.1) is 0 Å². The number of amides is 2. The van der Waals surface area contributed by atoms with Crippen molar-refractivity contribution in [2.45, 2.75) is 26.4 Å². The number of non-ortho nitro benzene ring substituents is 1. The number of nitrogens with zero attached hydrogens (tertiary/aromatic N) is 3. The minimum atomic E-state index is -0.486. The Morgan fingerprint density at radius 2 is 1.80 bits per heavy atom. The lowest BCUT2D eigenvalue weighted by Gasteiger charge is -2.12. The molecule has 7 nitrogen and oxygen atoms in total. The Balaban J connectivity index is 1.62. The third kappa shape index (κ3) is 3.61. The number of para-hydroxylation sites is 1. The van der Waals surface area contributed by atoms with Crippen LogP contribution >= 0.6 is 11.8 Å². The first-order chi connectivity index (χ1) is 14.3. The molecule has 2 amide bonds. The average molecular weight is 421 g/mol. The molecule has 1 aliphatic rings. The van der Waals surface area contributed by atoms with Gasteiger partial charge in [0.05, 0.1) is 16.4 Å². The number of nitro groups is 1. The summed E-state index contributed by atoms with van der Waals surface area (Å²) in [6.45, 7) is 4.26. The Kier molecular flexibility index (Phi) is 5.17. The maximum Gasteiger partial charge on any atom is 0.293 e. The molecular formula is C22H19N3O4S. The molecular weight excluding hydrogens is 402 g/mol. The molecule has 1 saturated heterocycles. The maximum atomic E-state index is 12.9. The number of benzene rings is 2. The van der Waals surface area contributed by atoms with Crippen molar-refractivity contribution < 1.29 is 14.5 Å². The van der Waals surface area contributed by atoms with E-state index in [4.69, 9.17) is 0 Å².